The fourth-order valence-corrected chi connectivity index (χ4v) is 1.87. The van der Waals surface area contributed by atoms with Crippen LogP contribution < -0.4 is 5.32 Å². The summed E-state index contributed by atoms with van der Waals surface area (Å²) in [7, 11) is 0. The number of aliphatic carboxylic acids is 1. The van der Waals surface area contributed by atoms with Crippen LogP contribution in [0.5, 0.6) is 0 Å². The monoisotopic (exact) mass is 214 g/mol. The van der Waals surface area contributed by atoms with Crippen molar-refractivity contribution in [2.75, 3.05) is 19.6 Å². The molecule has 0 saturated carbocycles. The first-order valence-corrected chi connectivity index (χ1v) is 5.21. The van der Waals surface area contributed by atoms with Gasteiger partial charge in [0.1, 0.15) is 0 Å². The van der Waals surface area contributed by atoms with Gasteiger partial charge in [-0.2, -0.15) is 0 Å². The summed E-state index contributed by atoms with van der Waals surface area (Å²) in [5.74, 6) is -1.13. The molecule has 5 heteroatoms. The van der Waals surface area contributed by atoms with Crippen molar-refractivity contribution in [1.29, 1.82) is 0 Å². The van der Waals surface area contributed by atoms with E-state index in [2.05, 4.69) is 10.2 Å². The lowest BCUT2D eigenvalue weighted by molar-refractivity contribution is -0.141. The Labute approximate surface area is 89.4 Å². The molecule has 1 amide bonds. The van der Waals surface area contributed by atoms with E-state index in [1.54, 1.807) is 6.92 Å². The maximum Gasteiger partial charge on any atom is 0.307 e. The van der Waals surface area contributed by atoms with Crippen molar-refractivity contribution >= 4 is 11.9 Å². The number of nitrogens with one attached hydrogen (secondary N) is 1. The molecule has 0 aliphatic carbocycles. The summed E-state index contributed by atoms with van der Waals surface area (Å²) in [6.07, 6.45) is 0.909. The average Bonchev–Trinajstić information content (AvgIpc) is 2.51. The standard InChI is InChI=1S/C10H18N2O3/c1-7(10(14)15)5-12-4-3-9(6-12)11-8(2)13/h7,9H,3-6H2,1-2H3,(H,11,13)(H,14,15). The SMILES string of the molecule is CC(=O)NC1CCN(CC(C)C(=O)O)C1. The first-order valence-electron chi connectivity index (χ1n) is 5.21. The van der Waals surface area contributed by atoms with Crippen LogP contribution >= 0.6 is 0 Å². The zero-order valence-corrected chi connectivity index (χ0v) is 9.19. The van der Waals surface area contributed by atoms with Crippen LogP contribution in [0.15, 0.2) is 0 Å². The van der Waals surface area contributed by atoms with Gasteiger partial charge in [-0.25, -0.2) is 0 Å². The molecule has 1 rings (SSSR count). The maximum atomic E-state index is 10.8. The molecular weight excluding hydrogens is 196 g/mol. The van der Waals surface area contributed by atoms with E-state index in [0.717, 1.165) is 19.5 Å². The Morgan fingerprint density at radius 3 is 2.80 bits per heavy atom. The number of amides is 1. The van der Waals surface area contributed by atoms with E-state index in [-0.39, 0.29) is 17.9 Å². The highest BCUT2D eigenvalue weighted by Gasteiger charge is 2.25. The van der Waals surface area contributed by atoms with Crippen molar-refractivity contribution in [2.45, 2.75) is 26.3 Å². The number of carboxylic acids is 1. The lowest BCUT2D eigenvalue weighted by Gasteiger charge is -2.18. The van der Waals surface area contributed by atoms with Gasteiger partial charge in [0.05, 0.1) is 5.92 Å². The minimum atomic E-state index is -0.766. The molecule has 1 fully saturated rings. The van der Waals surface area contributed by atoms with Gasteiger partial charge in [-0.3, -0.25) is 9.59 Å². The van der Waals surface area contributed by atoms with Crippen LogP contribution in [0.4, 0.5) is 0 Å². The summed E-state index contributed by atoms with van der Waals surface area (Å²) in [5, 5.41) is 11.6. The summed E-state index contributed by atoms with van der Waals surface area (Å²) in [5.41, 5.74) is 0. The Morgan fingerprint density at radius 1 is 1.60 bits per heavy atom. The first-order chi connectivity index (χ1) is 6.99. The van der Waals surface area contributed by atoms with Crippen molar-refractivity contribution in [1.82, 2.24) is 10.2 Å². The molecule has 0 aromatic carbocycles. The third kappa shape index (κ3) is 3.87. The molecule has 1 aliphatic rings. The molecule has 2 atom stereocenters. The lowest BCUT2D eigenvalue weighted by Crippen LogP contribution is -2.37. The lowest BCUT2D eigenvalue weighted by atomic mass is 10.2. The number of nitrogens with zero attached hydrogens (tertiary/aromatic N) is 1. The van der Waals surface area contributed by atoms with Crippen molar-refractivity contribution in [3.05, 3.63) is 0 Å². The van der Waals surface area contributed by atoms with E-state index in [1.807, 2.05) is 0 Å². The highest BCUT2D eigenvalue weighted by molar-refractivity contribution is 5.73. The fourth-order valence-electron chi connectivity index (χ4n) is 1.87. The molecule has 86 valence electrons. The maximum absolute atomic E-state index is 10.8. The van der Waals surface area contributed by atoms with Gasteiger partial charge in [0, 0.05) is 32.6 Å². The van der Waals surface area contributed by atoms with Gasteiger partial charge in [0.25, 0.3) is 0 Å². The van der Waals surface area contributed by atoms with Crippen molar-refractivity contribution in [3.8, 4) is 0 Å². The molecule has 5 nitrogen and oxygen atoms in total. The first kappa shape index (κ1) is 12.0. The highest BCUT2D eigenvalue weighted by atomic mass is 16.4. The van der Waals surface area contributed by atoms with Crippen LogP contribution in [-0.2, 0) is 9.59 Å². The molecule has 1 heterocycles. The minimum Gasteiger partial charge on any atom is -0.481 e. The number of carbonyl (C=O) groups excluding carboxylic acids is 1. The van der Waals surface area contributed by atoms with Gasteiger partial charge in [-0.05, 0) is 6.42 Å². The largest absolute Gasteiger partial charge is 0.481 e. The zero-order chi connectivity index (χ0) is 11.4. The molecule has 1 aliphatic heterocycles. The number of hydrogen-bond donors (Lipinski definition) is 2. The van der Waals surface area contributed by atoms with Crippen LogP contribution in [0.3, 0.4) is 0 Å². The predicted molar refractivity (Wildman–Crippen MR) is 55.5 cm³/mol. The topological polar surface area (TPSA) is 69.6 Å². The molecular formula is C10H18N2O3. The molecule has 0 radical (unpaired) electrons. The fraction of sp³-hybridized carbons (Fsp3) is 0.800. The zero-order valence-electron chi connectivity index (χ0n) is 9.19. The number of hydrogen-bond acceptors (Lipinski definition) is 3. The number of carbonyl (C=O) groups is 2. The van der Waals surface area contributed by atoms with Crippen LogP contribution in [0.1, 0.15) is 20.3 Å². The number of likely N-dealkylation sites (tertiary alicyclic amines) is 1. The van der Waals surface area contributed by atoms with Gasteiger partial charge in [-0.15, -0.1) is 0 Å². The van der Waals surface area contributed by atoms with Crippen molar-refractivity contribution in [2.24, 2.45) is 5.92 Å². The Kier molecular flexibility index (Phi) is 4.08. The van der Waals surface area contributed by atoms with Crippen LogP contribution in [0.2, 0.25) is 0 Å². The number of carboxylic acid groups (broad SMARTS) is 1. The minimum absolute atomic E-state index is 0.0202. The van der Waals surface area contributed by atoms with Gasteiger partial charge in [0.15, 0.2) is 0 Å². The summed E-state index contributed by atoms with van der Waals surface area (Å²) in [6, 6.07) is 0.184. The molecule has 0 spiro atoms. The third-order valence-corrected chi connectivity index (χ3v) is 2.63. The quantitative estimate of drug-likeness (QED) is 0.686. The third-order valence-electron chi connectivity index (χ3n) is 2.63. The van der Waals surface area contributed by atoms with Crippen molar-refractivity contribution in [3.63, 3.8) is 0 Å². The molecule has 0 bridgehead atoms. The van der Waals surface area contributed by atoms with Crippen LogP contribution in [0.25, 0.3) is 0 Å². The van der Waals surface area contributed by atoms with Gasteiger partial charge in [-0.1, -0.05) is 6.92 Å². The molecule has 2 N–H and O–H groups in total. The van der Waals surface area contributed by atoms with Crippen LogP contribution in [-0.4, -0.2) is 47.6 Å². The summed E-state index contributed by atoms with van der Waals surface area (Å²) >= 11 is 0. The molecule has 0 aromatic heterocycles. The molecule has 2 unspecified atom stereocenters. The Balaban J connectivity index is 2.30. The second-order valence-electron chi connectivity index (χ2n) is 4.18. The molecule has 0 aromatic rings. The van der Waals surface area contributed by atoms with Crippen molar-refractivity contribution < 1.29 is 14.7 Å². The van der Waals surface area contributed by atoms with Gasteiger partial charge in [0.2, 0.25) is 5.91 Å². The summed E-state index contributed by atoms with van der Waals surface area (Å²) in [6.45, 7) is 5.39. The normalized spacial score (nSPS) is 23.7. The summed E-state index contributed by atoms with van der Waals surface area (Å²) in [4.78, 5) is 23.5. The van der Waals surface area contributed by atoms with E-state index >= 15 is 0 Å². The number of rotatable bonds is 4. The van der Waals surface area contributed by atoms with E-state index in [0.29, 0.717) is 6.54 Å². The Morgan fingerprint density at radius 2 is 2.27 bits per heavy atom. The van der Waals surface area contributed by atoms with Gasteiger partial charge < -0.3 is 15.3 Å². The van der Waals surface area contributed by atoms with E-state index in [4.69, 9.17) is 5.11 Å². The van der Waals surface area contributed by atoms with Crippen LogP contribution in [0, 0.1) is 5.92 Å². The molecule has 1 saturated heterocycles. The van der Waals surface area contributed by atoms with E-state index in [9.17, 15) is 9.59 Å². The van der Waals surface area contributed by atoms with Gasteiger partial charge >= 0.3 is 5.97 Å². The highest BCUT2D eigenvalue weighted by Crippen LogP contribution is 2.11. The van der Waals surface area contributed by atoms with E-state index in [1.165, 1.54) is 6.92 Å². The Hall–Kier alpha value is -1.10. The summed E-state index contributed by atoms with van der Waals surface area (Å²) < 4.78 is 0. The smallest absolute Gasteiger partial charge is 0.307 e. The predicted octanol–water partition coefficient (Wildman–Crippen LogP) is -0.0825. The molecule has 15 heavy (non-hydrogen) atoms. The second-order valence-corrected chi connectivity index (χ2v) is 4.18. The second kappa shape index (κ2) is 5.11. The van der Waals surface area contributed by atoms with E-state index < -0.39 is 5.97 Å². The Bertz CT molecular complexity index is 255. The average molecular weight is 214 g/mol.